The fraction of sp³-hybridized carbons (Fsp3) is 0.0500. The van der Waals surface area contributed by atoms with Crippen LogP contribution in [0.25, 0.3) is 10.4 Å². The Morgan fingerprint density at radius 1 is 0.893 bits per heavy atom. The first-order valence-electron chi connectivity index (χ1n) is 8.19. The maximum absolute atomic E-state index is 12.5. The van der Waals surface area contributed by atoms with Gasteiger partial charge in [-0.2, -0.15) is 0 Å². The highest BCUT2D eigenvalue weighted by atomic mass is 16.6. The Morgan fingerprint density at radius 3 is 2.00 bits per heavy atom. The molecule has 8 heteroatoms. The second kappa shape index (κ2) is 6.22. The van der Waals surface area contributed by atoms with Crippen molar-refractivity contribution < 1.29 is 24.5 Å². The molecule has 0 atom stereocenters. The van der Waals surface area contributed by atoms with Gasteiger partial charge in [0.2, 0.25) is 0 Å². The van der Waals surface area contributed by atoms with E-state index in [0.717, 1.165) is 0 Å². The maximum atomic E-state index is 12.5. The fourth-order valence-electron chi connectivity index (χ4n) is 3.65. The molecule has 0 aromatic heterocycles. The van der Waals surface area contributed by atoms with Crippen molar-refractivity contribution in [3.8, 4) is 23.0 Å². The van der Waals surface area contributed by atoms with E-state index in [1.54, 1.807) is 29.2 Å². The highest BCUT2D eigenvalue weighted by Gasteiger charge is 2.53. The van der Waals surface area contributed by atoms with Crippen LogP contribution in [0.5, 0.6) is 23.0 Å². The van der Waals surface area contributed by atoms with Crippen LogP contribution >= 0.6 is 0 Å². The zero-order chi connectivity index (χ0) is 19.9. The predicted molar refractivity (Wildman–Crippen MR) is 97.5 cm³/mol. The van der Waals surface area contributed by atoms with Gasteiger partial charge in [-0.3, -0.25) is 0 Å². The standard InChI is InChI=1S/C20H12O5.HN3/c21-11-5-7-15-17(9-11)24-18-10-12(22)6-8-16(18)20(15)14-4-2-1-3-13(14)19(23)25-20;1-3-2/h1-10,21-22H;1H. The molecule has 0 unspecified atom stereocenters. The number of nitrogens with one attached hydrogen (secondary N) is 1. The smallest absolute Gasteiger partial charge is 0.340 e. The normalized spacial score (nSPS) is 14.4. The van der Waals surface area contributed by atoms with E-state index in [9.17, 15) is 15.0 Å². The number of phenols is 2. The third-order valence-corrected chi connectivity index (χ3v) is 4.68. The summed E-state index contributed by atoms with van der Waals surface area (Å²) in [6, 6.07) is 16.6. The second-order valence-electron chi connectivity index (χ2n) is 6.18. The summed E-state index contributed by atoms with van der Waals surface area (Å²) in [6.45, 7) is 0. The molecule has 8 nitrogen and oxygen atoms in total. The lowest BCUT2D eigenvalue weighted by atomic mass is 9.77. The largest absolute Gasteiger partial charge is 0.508 e. The summed E-state index contributed by atoms with van der Waals surface area (Å²) in [5.74, 6) is 0.408. The number of nitrogens with zero attached hydrogens (tertiary/aromatic N) is 2. The van der Waals surface area contributed by atoms with Crippen LogP contribution < -0.4 is 4.74 Å². The molecule has 2 aliphatic rings. The molecule has 0 amide bonds. The quantitative estimate of drug-likeness (QED) is 0.229. The van der Waals surface area contributed by atoms with E-state index in [1.807, 2.05) is 12.1 Å². The van der Waals surface area contributed by atoms with Gasteiger partial charge in [-0.15, -0.1) is 5.53 Å². The Hall–Kier alpha value is -4.16. The summed E-state index contributed by atoms with van der Waals surface area (Å²) in [5.41, 5.74) is 13.5. The molecule has 3 N–H and O–H groups in total. The molecule has 0 radical (unpaired) electrons. The fourth-order valence-corrected chi connectivity index (χ4v) is 3.65. The number of rotatable bonds is 0. The first-order valence-corrected chi connectivity index (χ1v) is 8.19. The molecule has 138 valence electrons. The molecule has 0 fully saturated rings. The van der Waals surface area contributed by atoms with Crippen molar-refractivity contribution >= 4 is 5.97 Å². The van der Waals surface area contributed by atoms with Gasteiger partial charge in [0, 0.05) is 28.8 Å². The van der Waals surface area contributed by atoms with Crippen molar-refractivity contribution in [1.82, 2.24) is 0 Å². The number of hydrogen-bond donors (Lipinski definition) is 3. The van der Waals surface area contributed by atoms with E-state index in [1.165, 1.54) is 24.3 Å². The molecular formula is C20H13N3O5. The van der Waals surface area contributed by atoms with E-state index < -0.39 is 11.6 Å². The van der Waals surface area contributed by atoms with Gasteiger partial charge in [-0.05, 0) is 40.8 Å². The Morgan fingerprint density at radius 2 is 1.43 bits per heavy atom. The number of hydrogen-bond acceptors (Lipinski definition) is 6. The molecule has 28 heavy (non-hydrogen) atoms. The summed E-state index contributed by atoms with van der Waals surface area (Å²) in [5, 5.41) is 19.7. The van der Waals surface area contributed by atoms with E-state index in [0.29, 0.717) is 33.8 Å². The van der Waals surface area contributed by atoms with Crippen LogP contribution in [0.2, 0.25) is 0 Å². The van der Waals surface area contributed by atoms with Crippen LogP contribution in [0.1, 0.15) is 27.0 Å². The average Bonchev–Trinajstić information content (AvgIpc) is 2.96. The minimum absolute atomic E-state index is 0.0371. The van der Waals surface area contributed by atoms with Crippen LogP contribution in [0.3, 0.4) is 0 Å². The van der Waals surface area contributed by atoms with Gasteiger partial charge >= 0.3 is 5.97 Å². The van der Waals surface area contributed by atoms with Gasteiger partial charge in [0.15, 0.2) is 5.60 Å². The van der Waals surface area contributed by atoms with Gasteiger partial charge in [0.1, 0.15) is 23.0 Å². The number of benzene rings is 3. The lowest BCUT2D eigenvalue weighted by Crippen LogP contribution is -2.32. The van der Waals surface area contributed by atoms with Crippen LogP contribution in [-0.2, 0) is 10.3 Å². The predicted octanol–water partition coefficient (Wildman–Crippen LogP) is 4.54. The lowest BCUT2D eigenvalue weighted by molar-refractivity contribution is 0.0224. The molecule has 3 aromatic carbocycles. The summed E-state index contributed by atoms with van der Waals surface area (Å²) < 4.78 is 11.8. The van der Waals surface area contributed by atoms with Crippen molar-refractivity contribution in [2.75, 3.05) is 0 Å². The minimum Gasteiger partial charge on any atom is -0.508 e. The third-order valence-electron chi connectivity index (χ3n) is 4.68. The Balaban J connectivity index is 0.000000604. The lowest BCUT2D eigenvalue weighted by Gasteiger charge is -2.36. The molecule has 2 heterocycles. The van der Waals surface area contributed by atoms with Gasteiger partial charge in [-0.1, -0.05) is 18.2 Å². The summed E-state index contributed by atoms with van der Waals surface area (Å²) in [7, 11) is 0. The maximum Gasteiger partial charge on any atom is 0.340 e. The third kappa shape index (κ3) is 2.33. The zero-order valence-corrected chi connectivity index (χ0v) is 14.3. The van der Waals surface area contributed by atoms with Gasteiger partial charge in [-0.25, -0.2) is 4.79 Å². The van der Waals surface area contributed by atoms with Crippen molar-refractivity contribution in [3.63, 3.8) is 0 Å². The molecule has 1 spiro atoms. The topological polar surface area (TPSA) is 136 Å². The van der Waals surface area contributed by atoms with Crippen molar-refractivity contribution in [2.45, 2.75) is 5.60 Å². The van der Waals surface area contributed by atoms with Gasteiger partial charge in [0.05, 0.1) is 5.56 Å². The molecule has 0 saturated carbocycles. The van der Waals surface area contributed by atoms with Crippen molar-refractivity contribution in [2.24, 2.45) is 0 Å². The van der Waals surface area contributed by atoms with E-state index in [2.05, 4.69) is 0 Å². The van der Waals surface area contributed by atoms with Crippen molar-refractivity contribution in [1.29, 1.82) is 5.53 Å². The first-order chi connectivity index (χ1) is 13.5. The zero-order valence-electron chi connectivity index (χ0n) is 14.3. The van der Waals surface area contributed by atoms with Crippen LogP contribution in [0.4, 0.5) is 0 Å². The van der Waals surface area contributed by atoms with E-state index in [4.69, 9.17) is 20.5 Å². The molecule has 3 aromatic rings. The number of fused-ring (bicyclic) bond motifs is 6. The molecule has 5 rings (SSSR count). The second-order valence-corrected chi connectivity index (χ2v) is 6.18. The number of carbonyl (C=O) groups is 1. The molecule has 0 aliphatic carbocycles. The van der Waals surface area contributed by atoms with Gasteiger partial charge < -0.3 is 19.7 Å². The molecular weight excluding hydrogens is 362 g/mol. The summed E-state index contributed by atoms with van der Waals surface area (Å²) in [4.78, 5) is 14.3. The van der Waals surface area contributed by atoms with Crippen LogP contribution in [-0.4, -0.2) is 16.2 Å². The Kier molecular flexibility index (Phi) is 3.84. The SMILES string of the molecule is O=C1OC2(c3ccc(O)cc3Oc3cc(O)ccc32)c2ccccc21.[N-]=[N+]=N. The monoisotopic (exact) mass is 375 g/mol. The van der Waals surface area contributed by atoms with Gasteiger partial charge in [0.25, 0.3) is 0 Å². The van der Waals surface area contributed by atoms with E-state index >= 15 is 0 Å². The number of phenolic OH excluding ortho intramolecular Hbond substituents is 2. The summed E-state index contributed by atoms with van der Waals surface area (Å²) in [6.07, 6.45) is 0. The Bertz CT molecular complexity index is 1100. The minimum atomic E-state index is -1.17. The highest BCUT2D eigenvalue weighted by molar-refractivity contribution is 5.97. The molecule has 0 saturated heterocycles. The first kappa shape index (κ1) is 17.3. The number of aromatic hydroxyl groups is 2. The average molecular weight is 375 g/mol. The van der Waals surface area contributed by atoms with Crippen molar-refractivity contribution in [3.05, 3.63) is 93.4 Å². The Labute approximate surface area is 158 Å². The number of ether oxygens (including phenoxy) is 2. The summed E-state index contributed by atoms with van der Waals surface area (Å²) >= 11 is 0. The number of esters is 1. The molecule has 0 bridgehead atoms. The van der Waals surface area contributed by atoms with Crippen LogP contribution in [0.15, 0.2) is 60.7 Å². The van der Waals surface area contributed by atoms with Crippen LogP contribution in [0, 0.1) is 5.53 Å². The highest BCUT2D eigenvalue weighted by Crippen LogP contribution is 2.56. The number of carbonyl (C=O) groups excluding carboxylic acids is 1. The van der Waals surface area contributed by atoms with E-state index in [-0.39, 0.29) is 11.5 Å². The molecule has 2 aliphatic heterocycles.